The molecule has 0 amide bonds. The molecule has 1 saturated heterocycles. The molecule has 3 heteroatoms. The zero-order chi connectivity index (χ0) is 12.6. The first kappa shape index (κ1) is 12.9. The van der Waals surface area contributed by atoms with Crippen LogP contribution in [0.15, 0.2) is 0 Å². The van der Waals surface area contributed by atoms with Gasteiger partial charge in [0, 0.05) is 25.2 Å². The van der Waals surface area contributed by atoms with E-state index in [1.807, 2.05) is 7.11 Å². The number of likely N-dealkylation sites (tertiary alicyclic amines) is 1. The molecule has 1 unspecified atom stereocenters. The molecule has 2 aliphatic carbocycles. The average molecular weight is 252 g/mol. The van der Waals surface area contributed by atoms with Crippen molar-refractivity contribution in [2.24, 2.45) is 11.7 Å². The molecule has 1 aliphatic heterocycles. The summed E-state index contributed by atoms with van der Waals surface area (Å²) in [6.07, 6.45) is 11.4. The van der Waals surface area contributed by atoms with Crippen molar-refractivity contribution >= 4 is 0 Å². The zero-order valence-electron chi connectivity index (χ0n) is 11.7. The quantitative estimate of drug-likeness (QED) is 0.833. The van der Waals surface area contributed by atoms with Gasteiger partial charge in [-0.05, 0) is 51.0 Å². The van der Waals surface area contributed by atoms with E-state index in [-0.39, 0.29) is 5.54 Å². The fraction of sp³-hybridized carbons (Fsp3) is 1.00. The van der Waals surface area contributed by atoms with Gasteiger partial charge in [-0.25, -0.2) is 0 Å². The maximum atomic E-state index is 6.13. The van der Waals surface area contributed by atoms with Crippen LogP contribution in [-0.2, 0) is 4.74 Å². The third kappa shape index (κ3) is 2.00. The third-order valence-electron chi connectivity index (χ3n) is 5.78. The maximum Gasteiger partial charge on any atom is 0.0607 e. The molecule has 3 aliphatic rings. The van der Waals surface area contributed by atoms with Gasteiger partial charge in [0.2, 0.25) is 0 Å². The summed E-state index contributed by atoms with van der Waals surface area (Å²) in [6, 6.07) is 0.828. The van der Waals surface area contributed by atoms with Gasteiger partial charge in [0.15, 0.2) is 0 Å². The molecule has 0 aromatic carbocycles. The molecule has 0 aromatic rings. The summed E-state index contributed by atoms with van der Waals surface area (Å²) < 4.78 is 5.48. The van der Waals surface area contributed by atoms with Gasteiger partial charge in [0.25, 0.3) is 0 Å². The Kier molecular flexibility index (Phi) is 3.65. The average Bonchev–Trinajstić information content (AvgIpc) is 2.99. The van der Waals surface area contributed by atoms with Crippen molar-refractivity contribution in [3.05, 3.63) is 0 Å². The molecular weight excluding hydrogens is 224 g/mol. The van der Waals surface area contributed by atoms with Crippen LogP contribution in [0.5, 0.6) is 0 Å². The number of hydrogen-bond acceptors (Lipinski definition) is 3. The highest BCUT2D eigenvalue weighted by atomic mass is 16.5. The molecule has 0 bridgehead atoms. The van der Waals surface area contributed by atoms with Crippen LogP contribution in [-0.4, -0.2) is 42.8 Å². The third-order valence-corrected chi connectivity index (χ3v) is 5.78. The van der Waals surface area contributed by atoms with Crippen molar-refractivity contribution in [2.45, 2.75) is 69.1 Å². The minimum absolute atomic E-state index is 0.282. The Morgan fingerprint density at radius 1 is 1.17 bits per heavy atom. The van der Waals surface area contributed by atoms with Crippen molar-refractivity contribution in [3.63, 3.8) is 0 Å². The molecule has 2 N–H and O–H groups in total. The van der Waals surface area contributed by atoms with Crippen LogP contribution in [0.25, 0.3) is 0 Å². The summed E-state index contributed by atoms with van der Waals surface area (Å²) in [7, 11) is 1.84. The van der Waals surface area contributed by atoms with Gasteiger partial charge in [0.1, 0.15) is 0 Å². The number of methoxy groups -OCH3 is 1. The summed E-state index contributed by atoms with van der Waals surface area (Å²) in [4.78, 5) is 2.79. The van der Waals surface area contributed by atoms with E-state index in [1.165, 1.54) is 45.1 Å². The number of rotatable bonds is 4. The Morgan fingerprint density at radius 2 is 1.89 bits per heavy atom. The smallest absolute Gasteiger partial charge is 0.0607 e. The fourth-order valence-corrected chi connectivity index (χ4v) is 4.69. The lowest BCUT2D eigenvalue weighted by molar-refractivity contribution is -0.0980. The summed E-state index contributed by atoms with van der Waals surface area (Å²) in [5.41, 5.74) is 6.41. The SMILES string of the molecule is COC1CC(CN)(N2CCCC2C2CCCC2)C1. The summed E-state index contributed by atoms with van der Waals surface area (Å²) in [5, 5.41) is 0. The molecule has 18 heavy (non-hydrogen) atoms. The first-order chi connectivity index (χ1) is 8.79. The highest BCUT2D eigenvalue weighted by molar-refractivity contribution is 5.08. The van der Waals surface area contributed by atoms with Crippen molar-refractivity contribution < 1.29 is 4.74 Å². The monoisotopic (exact) mass is 252 g/mol. The highest BCUT2D eigenvalue weighted by Crippen LogP contribution is 2.46. The number of ether oxygens (including phenoxy) is 1. The van der Waals surface area contributed by atoms with E-state index in [4.69, 9.17) is 10.5 Å². The van der Waals surface area contributed by atoms with Crippen LogP contribution >= 0.6 is 0 Å². The second-order valence-corrected chi connectivity index (χ2v) is 6.64. The highest BCUT2D eigenvalue weighted by Gasteiger charge is 2.52. The van der Waals surface area contributed by atoms with Crippen molar-refractivity contribution in [1.29, 1.82) is 0 Å². The molecule has 0 radical (unpaired) electrons. The predicted octanol–water partition coefficient (Wildman–Crippen LogP) is 2.15. The molecule has 1 atom stereocenters. The standard InChI is InChI=1S/C15H28N2O/c1-18-13-9-15(10-13,11-16)17-8-4-7-14(17)12-5-2-3-6-12/h12-14H,2-11,16H2,1H3. The number of nitrogens with zero attached hydrogens (tertiary/aromatic N) is 1. The Bertz CT molecular complexity index is 282. The maximum absolute atomic E-state index is 6.13. The Balaban J connectivity index is 1.69. The molecule has 3 nitrogen and oxygen atoms in total. The van der Waals surface area contributed by atoms with E-state index in [0.29, 0.717) is 6.10 Å². The van der Waals surface area contributed by atoms with Crippen LogP contribution < -0.4 is 5.73 Å². The molecular formula is C15H28N2O. The van der Waals surface area contributed by atoms with E-state index in [1.54, 1.807) is 0 Å². The van der Waals surface area contributed by atoms with E-state index in [0.717, 1.165) is 31.3 Å². The van der Waals surface area contributed by atoms with E-state index >= 15 is 0 Å². The topological polar surface area (TPSA) is 38.5 Å². The summed E-state index contributed by atoms with van der Waals surface area (Å²) in [5.74, 6) is 0.956. The van der Waals surface area contributed by atoms with Crippen molar-refractivity contribution in [2.75, 3.05) is 20.2 Å². The molecule has 0 aromatic heterocycles. The summed E-state index contributed by atoms with van der Waals surface area (Å²) >= 11 is 0. The Hall–Kier alpha value is -0.120. The normalized spacial score (nSPS) is 42.3. The molecule has 0 spiro atoms. The minimum atomic E-state index is 0.282. The second kappa shape index (κ2) is 5.10. The number of nitrogens with two attached hydrogens (primary N) is 1. The van der Waals surface area contributed by atoms with Gasteiger partial charge < -0.3 is 10.5 Å². The zero-order valence-corrected chi connectivity index (χ0v) is 11.7. The van der Waals surface area contributed by atoms with Crippen molar-refractivity contribution in [3.8, 4) is 0 Å². The van der Waals surface area contributed by atoms with E-state index in [2.05, 4.69) is 4.90 Å². The van der Waals surface area contributed by atoms with Gasteiger partial charge in [-0.3, -0.25) is 4.90 Å². The van der Waals surface area contributed by atoms with Crippen molar-refractivity contribution in [1.82, 2.24) is 4.90 Å². The Morgan fingerprint density at radius 3 is 2.50 bits per heavy atom. The van der Waals surface area contributed by atoms with Crippen LogP contribution in [0.4, 0.5) is 0 Å². The first-order valence-corrected chi connectivity index (χ1v) is 7.79. The van der Waals surface area contributed by atoms with Crippen LogP contribution in [0.1, 0.15) is 51.4 Å². The lowest BCUT2D eigenvalue weighted by atomic mass is 9.71. The fourth-order valence-electron chi connectivity index (χ4n) is 4.69. The molecule has 1 heterocycles. The van der Waals surface area contributed by atoms with Crippen LogP contribution in [0.2, 0.25) is 0 Å². The van der Waals surface area contributed by atoms with E-state index < -0.39 is 0 Å². The second-order valence-electron chi connectivity index (χ2n) is 6.64. The summed E-state index contributed by atoms with van der Waals surface area (Å²) in [6.45, 7) is 2.09. The molecule has 3 rings (SSSR count). The first-order valence-electron chi connectivity index (χ1n) is 7.79. The van der Waals surface area contributed by atoms with Gasteiger partial charge >= 0.3 is 0 Å². The lowest BCUT2D eigenvalue weighted by Gasteiger charge is -2.55. The largest absolute Gasteiger partial charge is 0.381 e. The van der Waals surface area contributed by atoms with E-state index in [9.17, 15) is 0 Å². The Labute approximate surface area is 111 Å². The predicted molar refractivity (Wildman–Crippen MR) is 73.5 cm³/mol. The minimum Gasteiger partial charge on any atom is -0.381 e. The van der Waals surface area contributed by atoms with Crippen LogP contribution in [0.3, 0.4) is 0 Å². The number of hydrogen-bond donors (Lipinski definition) is 1. The molecule has 2 saturated carbocycles. The molecule has 104 valence electrons. The van der Waals surface area contributed by atoms with Gasteiger partial charge in [-0.15, -0.1) is 0 Å². The van der Waals surface area contributed by atoms with Gasteiger partial charge in [0.05, 0.1) is 6.10 Å². The lowest BCUT2D eigenvalue weighted by Crippen LogP contribution is -2.65. The van der Waals surface area contributed by atoms with Gasteiger partial charge in [-0.1, -0.05) is 12.8 Å². The molecule has 3 fully saturated rings. The van der Waals surface area contributed by atoms with Gasteiger partial charge in [-0.2, -0.15) is 0 Å². The van der Waals surface area contributed by atoms with Crippen LogP contribution in [0, 0.1) is 5.92 Å².